The highest BCUT2D eigenvalue weighted by atomic mass is 16.1. The maximum Gasteiger partial charge on any atom is 0.269 e. The van der Waals surface area contributed by atoms with Crippen molar-refractivity contribution in [2.45, 2.75) is 40.0 Å². The number of hydrogen-bond donors (Lipinski definition) is 0. The van der Waals surface area contributed by atoms with E-state index >= 15 is 0 Å². The molecule has 1 amide bonds. The van der Waals surface area contributed by atoms with Gasteiger partial charge in [-0.25, -0.2) is 4.99 Å². The summed E-state index contributed by atoms with van der Waals surface area (Å²) in [6, 6.07) is 0. The monoisotopic (exact) mass is 167 g/mol. The van der Waals surface area contributed by atoms with Gasteiger partial charge in [0.2, 0.25) is 0 Å². The lowest BCUT2D eigenvalue weighted by molar-refractivity contribution is -0.113. The maximum absolute atomic E-state index is 10.9. The van der Waals surface area contributed by atoms with Crippen LogP contribution in [0.25, 0.3) is 0 Å². The molecule has 0 unspecified atom stereocenters. The number of hydrogen-bond acceptors (Lipinski definition) is 1. The third kappa shape index (κ3) is 7.19. The zero-order valence-corrected chi connectivity index (χ0v) is 8.13. The molecule has 0 rings (SSSR count). The minimum Gasteiger partial charge on any atom is -0.267 e. The third-order valence-electron chi connectivity index (χ3n) is 1.32. The quantitative estimate of drug-likeness (QED) is 0.359. The van der Waals surface area contributed by atoms with Crippen molar-refractivity contribution in [3.63, 3.8) is 0 Å². The molecular formula is C10H17NO. The van der Waals surface area contributed by atoms with Crippen LogP contribution in [0, 0.1) is 0 Å². The Morgan fingerprint density at radius 1 is 1.42 bits per heavy atom. The summed E-state index contributed by atoms with van der Waals surface area (Å²) in [6.07, 6.45) is 6.39. The Balaban J connectivity index is 3.69. The first-order valence-electron chi connectivity index (χ1n) is 4.38. The number of rotatable bonds is 4. The lowest BCUT2D eigenvalue weighted by Gasteiger charge is -1.88. The lowest BCUT2D eigenvalue weighted by atomic mass is 10.3. The molecular weight excluding hydrogens is 150 g/mol. The summed E-state index contributed by atoms with van der Waals surface area (Å²) in [6.45, 7) is 5.89. The molecule has 0 saturated carbocycles. The molecule has 0 aromatic heterocycles. The first-order valence-corrected chi connectivity index (χ1v) is 4.38. The third-order valence-corrected chi connectivity index (χ3v) is 1.32. The van der Waals surface area contributed by atoms with E-state index in [0.29, 0.717) is 0 Å². The fraction of sp³-hybridized carbons (Fsp3) is 0.600. The van der Waals surface area contributed by atoms with E-state index in [2.05, 4.69) is 11.9 Å². The fourth-order valence-corrected chi connectivity index (χ4v) is 0.734. The molecule has 0 aliphatic carbocycles. The van der Waals surface area contributed by atoms with E-state index in [1.54, 1.807) is 12.3 Å². The molecule has 0 atom stereocenters. The molecule has 0 spiro atoms. The molecule has 0 aliphatic heterocycles. The Labute approximate surface area is 74.4 Å². The highest BCUT2D eigenvalue weighted by Gasteiger charge is 1.89. The fourth-order valence-electron chi connectivity index (χ4n) is 0.734. The number of carbonyl (C=O) groups is 1. The highest BCUT2D eigenvalue weighted by Crippen LogP contribution is 1.92. The van der Waals surface area contributed by atoms with Gasteiger partial charge >= 0.3 is 0 Å². The molecule has 0 aromatic rings. The summed E-state index contributed by atoms with van der Waals surface area (Å²) in [5, 5.41) is 0. The van der Waals surface area contributed by atoms with Gasteiger partial charge in [-0.15, -0.1) is 0 Å². The topological polar surface area (TPSA) is 29.4 Å². The zero-order valence-electron chi connectivity index (χ0n) is 8.13. The second kappa shape index (κ2) is 6.77. The minimum absolute atomic E-state index is 0.147. The van der Waals surface area contributed by atoms with Crippen molar-refractivity contribution in [1.82, 2.24) is 0 Å². The van der Waals surface area contributed by atoms with Crippen LogP contribution < -0.4 is 0 Å². The number of carbonyl (C=O) groups excluding carboxylic acids is 1. The predicted octanol–water partition coefficient (Wildman–Crippen LogP) is 2.74. The van der Waals surface area contributed by atoms with E-state index in [1.165, 1.54) is 0 Å². The molecule has 0 fully saturated rings. The van der Waals surface area contributed by atoms with Crippen LogP contribution in [0.4, 0.5) is 0 Å². The van der Waals surface area contributed by atoms with Crippen molar-refractivity contribution >= 4 is 12.1 Å². The van der Waals surface area contributed by atoms with Crippen LogP contribution in [-0.4, -0.2) is 12.1 Å². The number of allylic oxidation sites excluding steroid dienone is 1. The van der Waals surface area contributed by atoms with Crippen molar-refractivity contribution in [2.24, 2.45) is 4.99 Å². The molecule has 0 N–H and O–H groups in total. The van der Waals surface area contributed by atoms with Gasteiger partial charge in [0.05, 0.1) is 0 Å². The summed E-state index contributed by atoms with van der Waals surface area (Å²) in [7, 11) is 0. The van der Waals surface area contributed by atoms with Crippen molar-refractivity contribution < 1.29 is 4.79 Å². The number of aliphatic imine (C=N–C) groups is 1. The maximum atomic E-state index is 10.9. The van der Waals surface area contributed by atoms with Gasteiger partial charge in [-0.2, -0.15) is 0 Å². The van der Waals surface area contributed by atoms with Gasteiger partial charge in [0.1, 0.15) is 0 Å². The average Bonchev–Trinajstić information content (AvgIpc) is 1.97. The summed E-state index contributed by atoms with van der Waals surface area (Å²) in [4.78, 5) is 14.7. The van der Waals surface area contributed by atoms with Gasteiger partial charge in [0, 0.05) is 12.3 Å². The Morgan fingerprint density at radius 2 is 2.08 bits per heavy atom. The average molecular weight is 167 g/mol. The zero-order chi connectivity index (χ0) is 9.40. The summed E-state index contributed by atoms with van der Waals surface area (Å²) >= 11 is 0. The van der Waals surface area contributed by atoms with Crippen LogP contribution in [0.15, 0.2) is 16.6 Å². The second-order valence-electron chi connectivity index (χ2n) is 3.01. The van der Waals surface area contributed by atoms with E-state index < -0.39 is 0 Å². The van der Waals surface area contributed by atoms with Crippen LogP contribution in [0.3, 0.4) is 0 Å². The van der Waals surface area contributed by atoms with Gasteiger partial charge in [-0.1, -0.05) is 18.9 Å². The summed E-state index contributed by atoms with van der Waals surface area (Å²) < 4.78 is 0. The van der Waals surface area contributed by atoms with Crippen LogP contribution in [-0.2, 0) is 4.79 Å². The molecule has 0 radical (unpaired) electrons. The largest absolute Gasteiger partial charge is 0.269 e. The SMILES string of the molecule is CCCCC=NC(=O)C=C(C)C. The Hall–Kier alpha value is -0.920. The van der Waals surface area contributed by atoms with Crippen LogP contribution in [0.5, 0.6) is 0 Å². The number of nitrogens with zero attached hydrogens (tertiary/aromatic N) is 1. The molecule has 12 heavy (non-hydrogen) atoms. The van der Waals surface area contributed by atoms with Crippen LogP contribution >= 0.6 is 0 Å². The molecule has 0 aromatic carbocycles. The van der Waals surface area contributed by atoms with E-state index in [9.17, 15) is 4.79 Å². The van der Waals surface area contributed by atoms with E-state index in [-0.39, 0.29) is 5.91 Å². The normalized spacial score (nSPS) is 10.2. The first kappa shape index (κ1) is 11.1. The Kier molecular flexibility index (Phi) is 6.25. The van der Waals surface area contributed by atoms with E-state index in [0.717, 1.165) is 24.8 Å². The van der Waals surface area contributed by atoms with Crippen LogP contribution in [0.1, 0.15) is 40.0 Å². The molecule has 0 saturated heterocycles. The molecule has 68 valence electrons. The number of unbranched alkanes of at least 4 members (excludes halogenated alkanes) is 2. The molecule has 0 heterocycles. The van der Waals surface area contributed by atoms with Gasteiger partial charge in [0.25, 0.3) is 5.91 Å². The standard InChI is InChI=1S/C10H17NO/c1-4-5-6-7-11-10(12)8-9(2)3/h7-8H,4-6H2,1-3H3. The highest BCUT2D eigenvalue weighted by molar-refractivity contribution is 5.93. The lowest BCUT2D eigenvalue weighted by Crippen LogP contribution is -1.88. The molecule has 0 aliphatic rings. The smallest absolute Gasteiger partial charge is 0.267 e. The van der Waals surface area contributed by atoms with Gasteiger partial charge in [-0.3, -0.25) is 4.79 Å². The molecule has 2 heteroatoms. The summed E-state index contributed by atoms with van der Waals surface area (Å²) in [5.41, 5.74) is 0.993. The van der Waals surface area contributed by atoms with Gasteiger partial charge in [-0.05, 0) is 26.7 Å². The number of amides is 1. The summed E-state index contributed by atoms with van der Waals surface area (Å²) in [5.74, 6) is -0.147. The predicted molar refractivity (Wildman–Crippen MR) is 52.5 cm³/mol. The first-order chi connectivity index (χ1) is 5.66. The van der Waals surface area contributed by atoms with Crippen molar-refractivity contribution in [2.75, 3.05) is 0 Å². The van der Waals surface area contributed by atoms with Crippen molar-refractivity contribution in [3.8, 4) is 0 Å². The van der Waals surface area contributed by atoms with E-state index in [4.69, 9.17) is 0 Å². The Bertz CT molecular complexity index is 188. The molecule has 2 nitrogen and oxygen atoms in total. The van der Waals surface area contributed by atoms with Crippen molar-refractivity contribution in [3.05, 3.63) is 11.6 Å². The van der Waals surface area contributed by atoms with Gasteiger partial charge in [0.15, 0.2) is 0 Å². The van der Waals surface area contributed by atoms with Crippen molar-refractivity contribution in [1.29, 1.82) is 0 Å². The Morgan fingerprint density at radius 3 is 2.58 bits per heavy atom. The van der Waals surface area contributed by atoms with Crippen LogP contribution in [0.2, 0.25) is 0 Å². The molecule has 0 bridgehead atoms. The van der Waals surface area contributed by atoms with Gasteiger partial charge < -0.3 is 0 Å². The minimum atomic E-state index is -0.147. The van der Waals surface area contributed by atoms with E-state index in [1.807, 2.05) is 13.8 Å². The second-order valence-corrected chi connectivity index (χ2v) is 3.01.